The van der Waals surface area contributed by atoms with Gasteiger partial charge in [-0.05, 0) is 46.9 Å². The Hall–Kier alpha value is -1.47. The van der Waals surface area contributed by atoms with Gasteiger partial charge in [-0.2, -0.15) is 0 Å². The van der Waals surface area contributed by atoms with Crippen LogP contribution in [0.2, 0.25) is 5.02 Å². The second-order valence-electron chi connectivity index (χ2n) is 4.17. The molecule has 0 spiro atoms. The van der Waals surface area contributed by atoms with Crippen molar-refractivity contribution in [3.05, 3.63) is 63.6 Å². The molecule has 0 bridgehead atoms. The van der Waals surface area contributed by atoms with Crippen LogP contribution in [0.4, 0.5) is 5.69 Å². The Morgan fingerprint density at radius 2 is 2.20 bits per heavy atom. The molecule has 0 fully saturated rings. The molecule has 0 saturated heterocycles. The number of nitrogens with zero attached hydrogens (tertiary/aromatic N) is 2. The first-order valence-electron chi connectivity index (χ1n) is 5.99. The average molecular weight is 400 g/mol. The van der Waals surface area contributed by atoms with Crippen molar-refractivity contribution in [2.24, 2.45) is 0 Å². The van der Waals surface area contributed by atoms with Gasteiger partial charge in [0.15, 0.2) is 3.77 Å². The summed E-state index contributed by atoms with van der Waals surface area (Å²) in [6.45, 7) is 0.602. The lowest BCUT2D eigenvalue weighted by Gasteiger charge is -2.13. The molecule has 6 heteroatoms. The summed E-state index contributed by atoms with van der Waals surface area (Å²) < 4.78 is 8.30. The Balaban J connectivity index is 1.88. The van der Waals surface area contributed by atoms with E-state index in [1.54, 1.807) is 12.5 Å². The third-order valence-corrected chi connectivity index (χ3v) is 3.72. The molecule has 2 heterocycles. The minimum absolute atomic E-state index is 0.602. The van der Waals surface area contributed by atoms with Gasteiger partial charge in [-0.3, -0.25) is 0 Å². The third kappa shape index (κ3) is 2.83. The number of imidazole rings is 1. The fraction of sp³-hybridized carbons (Fsp3) is 0.0714. The number of anilines is 1. The van der Waals surface area contributed by atoms with Crippen LogP contribution in [-0.4, -0.2) is 9.55 Å². The molecule has 1 N–H and O–H groups in total. The molecule has 3 rings (SSSR count). The van der Waals surface area contributed by atoms with Crippen LogP contribution in [0.25, 0.3) is 5.69 Å². The predicted molar refractivity (Wildman–Crippen MR) is 87.3 cm³/mol. The molecule has 4 nitrogen and oxygen atoms in total. The van der Waals surface area contributed by atoms with E-state index < -0.39 is 0 Å². The standard InChI is InChI=1S/C14H11ClIN3O/c15-11-2-1-3-12(14(11)19-7-6-17-9-19)18-8-10-4-5-13(16)20-10/h1-7,9,18H,8H2. The molecule has 1 aromatic carbocycles. The largest absolute Gasteiger partial charge is 0.454 e. The van der Waals surface area contributed by atoms with Crippen molar-refractivity contribution < 1.29 is 4.42 Å². The second kappa shape index (κ2) is 5.88. The second-order valence-corrected chi connectivity index (χ2v) is 5.64. The first-order chi connectivity index (χ1) is 9.74. The third-order valence-electron chi connectivity index (χ3n) is 2.83. The van der Waals surface area contributed by atoms with E-state index in [9.17, 15) is 0 Å². The topological polar surface area (TPSA) is 43.0 Å². The van der Waals surface area contributed by atoms with E-state index in [4.69, 9.17) is 16.0 Å². The number of hydrogen-bond donors (Lipinski definition) is 1. The van der Waals surface area contributed by atoms with E-state index in [0.29, 0.717) is 11.6 Å². The zero-order valence-corrected chi connectivity index (χ0v) is 13.3. The van der Waals surface area contributed by atoms with E-state index in [-0.39, 0.29) is 0 Å². The fourth-order valence-corrected chi connectivity index (χ4v) is 2.68. The summed E-state index contributed by atoms with van der Waals surface area (Å²) in [6, 6.07) is 9.65. The van der Waals surface area contributed by atoms with Gasteiger partial charge in [0, 0.05) is 12.4 Å². The summed E-state index contributed by atoms with van der Waals surface area (Å²) in [5.74, 6) is 0.881. The monoisotopic (exact) mass is 399 g/mol. The molecule has 3 aromatic rings. The molecule has 0 aliphatic rings. The van der Waals surface area contributed by atoms with Crippen LogP contribution in [0.3, 0.4) is 0 Å². The Morgan fingerprint density at radius 3 is 2.90 bits per heavy atom. The highest BCUT2D eigenvalue weighted by atomic mass is 127. The van der Waals surface area contributed by atoms with Gasteiger partial charge in [0.1, 0.15) is 5.76 Å². The Labute approximate surface area is 134 Å². The van der Waals surface area contributed by atoms with Gasteiger partial charge in [-0.25, -0.2) is 4.98 Å². The zero-order valence-electron chi connectivity index (χ0n) is 10.4. The minimum Gasteiger partial charge on any atom is -0.454 e. The lowest BCUT2D eigenvalue weighted by molar-refractivity contribution is 0.493. The molecule has 0 aliphatic heterocycles. The SMILES string of the molecule is Clc1cccc(NCc2ccc(I)o2)c1-n1ccnc1. The van der Waals surface area contributed by atoms with Crippen LogP contribution in [-0.2, 0) is 6.54 Å². The van der Waals surface area contributed by atoms with E-state index in [1.165, 1.54) is 0 Å². The van der Waals surface area contributed by atoms with Crippen LogP contribution in [0.5, 0.6) is 0 Å². The maximum atomic E-state index is 6.29. The van der Waals surface area contributed by atoms with Crippen LogP contribution in [0.15, 0.2) is 53.5 Å². The summed E-state index contributed by atoms with van der Waals surface area (Å²) in [5, 5.41) is 4.01. The minimum atomic E-state index is 0.602. The van der Waals surface area contributed by atoms with Gasteiger partial charge in [0.25, 0.3) is 0 Å². The number of benzene rings is 1. The fourth-order valence-electron chi connectivity index (χ4n) is 1.94. The van der Waals surface area contributed by atoms with E-state index in [0.717, 1.165) is 20.9 Å². The Bertz CT molecular complexity index is 709. The maximum Gasteiger partial charge on any atom is 0.164 e. The first kappa shape index (κ1) is 13.5. The normalized spacial score (nSPS) is 10.7. The number of aromatic nitrogens is 2. The van der Waals surface area contributed by atoms with Gasteiger partial charge in [0.2, 0.25) is 0 Å². The van der Waals surface area contributed by atoms with Crippen molar-refractivity contribution in [2.75, 3.05) is 5.32 Å². The summed E-state index contributed by atoms with van der Waals surface area (Å²) in [5.41, 5.74) is 1.81. The van der Waals surface area contributed by atoms with Crippen molar-refractivity contribution in [1.29, 1.82) is 0 Å². The van der Waals surface area contributed by atoms with Gasteiger partial charge < -0.3 is 14.3 Å². The van der Waals surface area contributed by atoms with Crippen molar-refractivity contribution in [2.45, 2.75) is 6.54 Å². The lowest BCUT2D eigenvalue weighted by Crippen LogP contribution is -2.03. The molecular formula is C14H11ClIN3O. The Morgan fingerprint density at radius 1 is 1.30 bits per heavy atom. The molecule has 0 radical (unpaired) electrons. The molecule has 2 aromatic heterocycles. The highest BCUT2D eigenvalue weighted by Crippen LogP contribution is 2.28. The molecule has 0 amide bonds. The van der Waals surface area contributed by atoms with Gasteiger partial charge in [-0.1, -0.05) is 17.7 Å². The number of hydrogen-bond acceptors (Lipinski definition) is 3. The van der Waals surface area contributed by atoms with Crippen LogP contribution in [0, 0.1) is 3.77 Å². The van der Waals surface area contributed by atoms with E-state index in [1.807, 2.05) is 41.1 Å². The molecule has 0 aliphatic carbocycles. The lowest BCUT2D eigenvalue weighted by atomic mass is 10.2. The Kier molecular flexibility index (Phi) is 3.98. The quantitative estimate of drug-likeness (QED) is 0.664. The molecule has 102 valence electrons. The molecule has 0 atom stereocenters. The van der Waals surface area contributed by atoms with Crippen molar-refractivity contribution in [1.82, 2.24) is 9.55 Å². The number of nitrogens with one attached hydrogen (secondary N) is 1. The summed E-state index contributed by atoms with van der Waals surface area (Å²) in [7, 11) is 0. The first-order valence-corrected chi connectivity index (χ1v) is 7.44. The number of furan rings is 1. The van der Waals surface area contributed by atoms with Gasteiger partial charge in [-0.15, -0.1) is 0 Å². The number of para-hydroxylation sites is 1. The molecular weight excluding hydrogens is 389 g/mol. The molecule has 0 saturated carbocycles. The summed E-state index contributed by atoms with van der Waals surface area (Å²) in [4.78, 5) is 4.06. The predicted octanol–water partition coefficient (Wildman–Crippen LogP) is 4.34. The van der Waals surface area contributed by atoms with Crippen LogP contribution < -0.4 is 5.32 Å². The van der Waals surface area contributed by atoms with Crippen LogP contribution in [0.1, 0.15) is 5.76 Å². The zero-order chi connectivity index (χ0) is 13.9. The van der Waals surface area contributed by atoms with Gasteiger partial charge >= 0.3 is 0 Å². The number of rotatable bonds is 4. The van der Waals surface area contributed by atoms with Crippen molar-refractivity contribution >= 4 is 39.9 Å². The van der Waals surface area contributed by atoms with E-state index >= 15 is 0 Å². The van der Waals surface area contributed by atoms with Crippen LogP contribution >= 0.6 is 34.2 Å². The summed E-state index contributed by atoms with van der Waals surface area (Å²) in [6.07, 6.45) is 5.31. The molecule has 20 heavy (non-hydrogen) atoms. The smallest absolute Gasteiger partial charge is 0.164 e. The van der Waals surface area contributed by atoms with Crippen molar-refractivity contribution in [3.63, 3.8) is 0 Å². The molecule has 0 unspecified atom stereocenters. The highest BCUT2D eigenvalue weighted by Gasteiger charge is 2.09. The average Bonchev–Trinajstić information content (AvgIpc) is 3.08. The summed E-state index contributed by atoms with van der Waals surface area (Å²) >= 11 is 8.44. The highest BCUT2D eigenvalue weighted by molar-refractivity contribution is 14.1. The maximum absolute atomic E-state index is 6.29. The van der Waals surface area contributed by atoms with E-state index in [2.05, 4.69) is 32.9 Å². The number of halogens is 2. The van der Waals surface area contributed by atoms with Gasteiger partial charge in [0.05, 0.1) is 29.3 Å². The van der Waals surface area contributed by atoms with Crippen molar-refractivity contribution in [3.8, 4) is 5.69 Å².